The quantitative estimate of drug-likeness (QED) is 0.909. The summed E-state index contributed by atoms with van der Waals surface area (Å²) in [5.74, 6) is 0.283. The van der Waals surface area contributed by atoms with Gasteiger partial charge in [0, 0.05) is 18.1 Å². The topological polar surface area (TPSA) is 32.3 Å². The van der Waals surface area contributed by atoms with Crippen LogP contribution >= 0.6 is 11.6 Å². The Bertz CT molecular complexity index is 488. The third-order valence-corrected chi connectivity index (χ3v) is 4.98. The third kappa shape index (κ3) is 2.84. The van der Waals surface area contributed by atoms with Crippen LogP contribution in [0.2, 0.25) is 5.02 Å². The van der Waals surface area contributed by atoms with E-state index >= 15 is 0 Å². The van der Waals surface area contributed by atoms with Crippen molar-refractivity contribution >= 4 is 17.5 Å². The molecule has 1 aromatic carbocycles. The number of likely N-dealkylation sites (tertiary alicyclic amines) is 1. The largest absolute Gasteiger partial charge is 0.356 e. The molecule has 2 aliphatic rings. The summed E-state index contributed by atoms with van der Waals surface area (Å²) in [6.07, 6.45) is 4.16. The van der Waals surface area contributed by atoms with Crippen molar-refractivity contribution in [2.45, 2.75) is 32.2 Å². The average molecular weight is 293 g/mol. The Kier molecular flexibility index (Phi) is 3.99. The summed E-state index contributed by atoms with van der Waals surface area (Å²) in [5.41, 5.74) is 1.22. The van der Waals surface area contributed by atoms with Crippen molar-refractivity contribution in [1.29, 1.82) is 0 Å². The van der Waals surface area contributed by atoms with Crippen molar-refractivity contribution in [3.8, 4) is 0 Å². The second-order valence-electron chi connectivity index (χ2n) is 6.04. The second kappa shape index (κ2) is 5.74. The lowest BCUT2D eigenvalue weighted by atomic mass is 9.79. The number of rotatable bonds is 2. The fourth-order valence-corrected chi connectivity index (χ4v) is 3.58. The molecule has 1 atom stereocenters. The van der Waals surface area contributed by atoms with E-state index < -0.39 is 0 Å². The second-order valence-corrected chi connectivity index (χ2v) is 6.48. The molecule has 2 heterocycles. The first-order valence-corrected chi connectivity index (χ1v) is 7.81. The van der Waals surface area contributed by atoms with Crippen molar-refractivity contribution in [2.24, 2.45) is 5.41 Å². The van der Waals surface area contributed by atoms with Gasteiger partial charge in [-0.2, -0.15) is 0 Å². The number of carbonyl (C=O) groups excluding carboxylic acids is 1. The van der Waals surface area contributed by atoms with E-state index in [1.54, 1.807) is 0 Å². The van der Waals surface area contributed by atoms with Crippen LogP contribution in [0.3, 0.4) is 0 Å². The lowest BCUT2D eigenvalue weighted by molar-refractivity contribution is -0.128. The zero-order valence-electron chi connectivity index (χ0n) is 11.7. The van der Waals surface area contributed by atoms with Crippen LogP contribution < -0.4 is 5.32 Å². The lowest BCUT2D eigenvalue weighted by Gasteiger charge is -2.24. The van der Waals surface area contributed by atoms with E-state index in [-0.39, 0.29) is 11.3 Å². The molecule has 1 N–H and O–H groups in total. The molecule has 4 heteroatoms. The number of benzene rings is 1. The summed E-state index contributed by atoms with van der Waals surface area (Å²) in [4.78, 5) is 14.5. The summed E-state index contributed by atoms with van der Waals surface area (Å²) < 4.78 is 0. The smallest absolute Gasteiger partial charge is 0.226 e. The fourth-order valence-electron chi connectivity index (χ4n) is 3.45. The van der Waals surface area contributed by atoms with Crippen LogP contribution in [-0.4, -0.2) is 30.4 Å². The van der Waals surface area contributed by atoms with E-state index in [4.69, 9.17) is 11.6 Å². The Labute approximate surface area is 125 Å². The Morgan fingerprint density at radius 3 is 2.65 bits per heavy atom. The molecular weight excluding hydrogens is 272 g/mol. The molecule has 20 heavy (non-hydrogen) atoms. The SMILES string of the molecule is O=C1NCC[C@]12CCCN(Cc1ccc(Cl)cc1)CC2. The number of hydrogen-bond acceptors (Lipinski definition) is 2. The number of amides is 1. The standard InChI is InChI=1S/C16H21ClN2O/c17-14-4-2-13(3-5-14)12-19-10-1-6-16(8-11-19)7-9-18-15(16)20/h2-5H,1,6-12H2,(H,18,20)/t16-/m0/s1. The third-order valence-electron chi connectivity index (χ3n) is 4.73. The molecule has 2 saturated heterocycles. The predicted molar refractivity (Wildman–Crippen MR) is 80.6 cm³/mol. The highest BCUT2D eigenvalue weighted by atomic mass is 35.5. The van der Waals surface area contributed by atoms with Gasteiger partial charge in [-0.05, 0) is 56.5 Å². The van der Waals surface area contributed by atoms with Gasteiger partial charge >= 0.3 is 0 Å². The highest BCUT2D eigenvalue weighted by Gasteiger charge is 2.42. The van der Waals surface area contributed by atoms with Gasteiger partial charge in [-0.15, -0.1) is 0 Å². The van der Waals surface area contributed by atoms with Crippen LogP contribution in [0.4, 0.5) is 0 Å². The Hall–Kier alpha value is -1.06. The minimum absolute atomic E-state index is 0.0747. The highest BCUT2D eigenvalue weighted by Crippen LogP contribution is 2.38. The van der Waals surface area contributed by atoms with E-state index in [2.05, 4.69) is 22.3 Å². The Balaban J connectivity index is 1.62. The molecule has 0 radical (unpaired) electrons. The maximum atomic E-state index is 12.1. The van der Waals surface area contributed by atoms with Gasteiger partial charge in [0.1, 0.15) is 0 Å². The van der Waals surface area contributed by atoms with Gasteiger partial charge in [-0.25, -0.2) is 0 Å². The first kappa shape index (κ1) is 13.9. The number of hydrogen-bond donors (Lipinski definition) is 1. The van der Waals surface area contributed by atoms with Gasteiger partial charge in [-0.1, -0.05) is 23.7 Å². The monoisotopic (exact) mass is 292 g/mol. The normalized spacial score (nSPS) is 27.6. The molecule has 0 aromatic heterocycles. The molecule has 0 aliphatic carbocycles. The summed E-state index contributed by atoms with van der Waals surface area (Å²) in [7, 11) is 0. The molecule has 108 valence electrons. The van der Waals surface area contributed by atoms with Crippen molar-refractivity contribution < 1.29 is 4.79 Å². The van der Waals surface area contributed by atoms with Crippen LogP contribution in [-0.2, 0) is 11.3 Å². The van der Waals surface area contributed by atoms with Crippen molar-refractivity contribution in [3.05, 3.63) is 34.9 Å². The number of halogens is 1. The first-order chi connectivity index (χ1) is 9.68. The van der Waals surface area contributed by atoms with Gasteiger partial charge in [0.25, 0.3) is 0 Å². The van der Waals surface area contributed by atoms with Crippen LogP contribution in [0.1, 0.15) is 31.2 Å². The molecule has 1 spiro atoms. The number of carbonyl (C=O) groups is 1. The number of nitrogens with one attached hydrogen (secondary N) is 1. The highest BCUT2D eigenvalue weighted by molar-refractivity contribution is 6.30. The molecule has 2 fully saturated rings. The molecular formula is C16H21ClN2O. The molecule has 3 rings (SSSR count). The van der Waals surface area contributed by atoms with Crippen molar-refractivity contribution in [1.82, 2.24) is 10.2 Å². The van der Waals surface area contributed by atoms with Crippen LogP contribution in [0.15, 0.2) is 24.3 Å². The van der Waals surface area contributed by atoms with Crippen LogP contribution in [0, 0.1) is 5.41 Å². The molecule has 1 aromatic rings. The van der Waals surface area contributed by atoms with Gasteiger partial charge in [0.05, 0.1) is 5.41 Å². The van der Waals surface area contributed by atoms with E-state index in [1.165, 1.54) is 5.56 Å². The lowest BCUT2D eigenvalue weighted by Crippen LogP contribution is -2.32. The van der Waals surface area contributed by atoms with Gasteiger partial charge in [0.15, 0.2) is 0 Å². The number of nitrogens with zero attached hydrogens (tertiary/aromatic N) is 1. The van der Waals surface area contributed by atoms with Crippen LogP contribution in [0.25, 0.3) is 0 Å². The molecule has 3 nitrogen and oxygen atoms in total. The Morgan fingerprint density at radius 2 is 1.95 bits per heavy atom. The minimum atomic E-state index is -0.0747. The molecule has 0 unspecified atom stereocenters. The van der Waals surface area contributed by atoms with Gasteiger partial charge in [-0.3, -0.25) is 9.69 Å². The maximum absolute atomic E-state index is 12.1. The predicted octanol–water partition coefficient (Wildman–Crippen LogP) is 2.83. The van der Waals surface area contributed by atoms with E-state index in [9.17, 15) is 4.79 Å². The molecule has 0 saturated carbocycles. The average Bonchev–Trinajstić information content (AvgIpc) is 2.67. The van der Waals surface area contributed by atoms with Gasteiger partial charge < -0.3 is 5.32 Å². The van der Waals surface area contributed by atoms with Gasteiger partial charge in [0.2, 0.25) is 5.91 Å². The van der Waals surface area contributed by atoms with E-state index in [0.717, 1.165) is 56.9 Å². The van der Waals surface area contributed by atoms with Crippen molar-refractivity contribution in [3.63, 3.8) is 0 Å². The zero-order chi connectivity index (χ0) is 14.0. The summed E-state index contributed by atoms with van der Waals surface area (Å²) in [6, 6.07) is 8.07. The first-order valence-electron chi connectivity index (χ1n) is 7.43. The fraction of sp³-hybridized carbons (Fsp3) is 0.562. The van der Waals surface area contributed by atoms with E-state index in [1.807, 2.05) is 12.1 Å². The minimum Gasteiger partial charge on any atom is -0.356 e. The summed E-state index contributed by atoms with van der Waals surface area (Å²) in [5, 5.41) is 3.79. The molecule has 2 aliphatic heterocycles. The van der Waals surface area contributed by atoms with E-state index in [0.29, 0.717) is 0 Å². The summed E-state index contributed by atoms with van der Waals surface area (Å²) in [6.45, 7) is 3.90. The molecule has 0 bridgehead atoms. The Morgan fingerprint density at radius 1 is 1.15 bits per heavy atom. The maximum Gasteiger partial charge on any atom is 0.226 e. The zero-order valence-corrected chi connectivity index (χ0v) is 12.5. The van der Waals surface area contributed by atoms with Crippen molar-refractivity contribution in [2.75, 3.05) is 19.6 Å². The summed E-state index contributed by atoms with van der Waals surface area (Å²) >= 11 is 5.92. The molecule has 1 amide bonds. The van der Waals surface area contributed by atoms with Crippen LogP contribution in [0.5, 0.6) is 0 Å².